The zero-order valence-electron chi connectivity index (χ0n) is 12.9. The van der Waals surface area contributed by atoms with Gasteiger partial charge < -0.3 is 5.41 Å². The van der Waals surface area contributed by atoms with Crippen LogP contribution in [0.1, 0.15) is 42.0 Å². The Hall–Kier alpha value is -2.48. The zero-order chi connectivity index (χ0) is 15.3. The SMILES string of the molecule is CC(C)c1ccc2c(c1)CC1=CC(=N)c3ccccc3C1=N2. The van der Waals surface area contributed by atoms with Crippen LogP contribution in [0.2, 0.25) is 0 Å². The van der Waals surface area contributed by atoms with Gasteiger partial charge in [-0.15, -0.1) is 0 Å². The molecule has 0 aromatic heterocycles. The van der Waals surface area contributed by atoms with Gasteiger partial charge in [0.2, 0.25) is 0 Å². The zero-order valence-corrected chi connectivity index (χ0v) is 12.9. The minimum absolute atomic E-state index is 0.523. The topological polar surface area (TPSA) is 36.2 Å². The van der Waals surface area contributed by atoms with Crippen molar-refractivity contribution in [1.82, 2.24) is 0 Å². The number of nitrogens with one attached hydrogen (secondary N) is 1. The smallest absolute Gasteiger partial charge is 0.0752 e. The van der Waals surface area contributed by atoms with E-state index in [1.54, 1.807) is 0 Å². The first kappa shape index (κ1) is 13.2. The molecule has 2 aromatic rings. The van der Waals surface area contributed by atoms with Crippen molar-refractivity contribution in [2.24, 2.45) is 4.99 Å². The van der Waals surface area contributed by atoms with Crippen LogP contribution >= 0.6 is 0 Å². The lowest BCUT2D eigenvalue weighted by Crippen LogP contribution is -2.21. The molecule has 22 heavy (non-hydrogen) atoms. The molecule has 1 aliphatic carbocycles. The number of benzene rings is 2. The van der Waals surface area contributed by atoms with Crippen LogP contribution in [0, 0.1) is 5.41 Å². The van der Waals surface area contributed by atoms with Crippen molar-refractivity contribution in [3.05, 3.63) is 76.4 Å². The van der Waals surface area contributed by atoms with Crippen molar-refractivity contribution in [1.29, 1.82) is 5.41 Å². The second-order valence-electron chi connectivity index (χ2n) is 6.31. The predicted molar refractivity (Wildman–Crippen MR) is 91.8 cm³/mol. The summed E-state index contributed by atoms with van der Waals surface area (Å²) in [5, 5.41) is 8.26. The molecular formula is C20H18N2. The maximum atomic E-state index is 8.26. The molecule has 2 nitrogen and oxygen atoms in total. The van der Waals surface area contributed by atoms with E-state index in [4.69, 9.17) is 10.4 Å². The van der Waals surface area contributed by atoms with E-state index in [-0.39, 0.29) is 0 Å². The first-order chi connectivity index (χ1) is 10.6. The number of allylic oxidation sites excluding steroid dienone is 2. The van der Waals surface area contributed by atoms with E-state index in [0.29, 0.717) is 11.6 Å². The fourth-order valence-electron chi connectivity index (χ4n) is 3.23. The quantitative estimate of drug-likeness (QED) is 0.782. The summed E-state index contributed by atoms with van der Waals surface area (Å²) in [6.07, 6.45) is 2.84. The fourth-order valence-corrected chi connectivity index (χ4v) is 3.23. The summed E-state index contributed by atoms with van der Waals surface area (Å²) in [5.74, 6) is 0.523. The highest BCUT2D eigenvalue weighted by Crippen LogP contribution is 2.35. The van der Waals surface area contributed by atoms with Gasteiger partial charge in [0.15, 0.2) is 0 Å². The van der Waals surface area contributed by atoms with Gasteiger partial charge in [0.05, 0.1) is 17.1 Å². The maximum Gasteiger partial charge on any atom is 0.0752 e. The Bertz CT molecular complexity index is 854. The Morgan fingerprint density at radius 3 is 2.59 bits per heavy atom. The molecule has 0 saturated heterocycles. The van der Waals surface area contributed by atoms with Crippen LogP contribution in [0.5, 0.6) is 0 Å². The largest absolute Gasteiger partial charge is 0.300 e. The molecular weight excluding hydrogens is 268 g/mol. The van der Waals surface area contributed by atoms with Crippen molar-refractivity contribution >= 4 is 17.1 Å². The van der Waals surface area contributed by atoms with Crippen LogP contribution in [0.3, 0.4) is 0 Å². The molecule has 0 amide bonds. The minimum atomic E-state index is 0.523. The molecule has 108 valence electrons. The van der Waals surface area contributed by atoms with Crippen LogP contribution in [0.4, 0.5) is 5.69 Å². The lowest BCUT2D eigenvalue weighted by atomic mass is 9.83. The average molecular weight is 286 g/mol. The summed E-state index contributed by atoms with van der Waals surface area (Å²) in [7, 11) is 0. The molecule has 1 aliphatic heterocycles. The third kappa shape index (κ3) is 1.95. The van der Waals surface area contributed by atoms with E-state index in [1.807, 2.05) is 24.3 Å². The molecule has 0 unspecified atom stereocenters. The number of hydrogen-bond donors (Lipinski definition) is 1. The van der Waals surface area contributed by atoms with E-state index in [1.165, 1.54) is 11.1 Å². The monoisotopic (exact) mass is 286 g/mol. The van der Waals surface area contributed by atoms with Gasteiger partial charge in [-0.05, 0) is 34.8 Å². The molecule has 1 N–H and O–H groups in total. The normalized spacial score (nSPS) is 15.7. The van der Waals surface area contributed by atoms with Crippen LogP contribution in [-0.4, -0.2) is 11.4 Å². The van der Waals surface area contributed by atoms with Crippen LogP contribution in [0.25, 0.3) is 0 Å². The Labute approximate surface area is 130 Å². The van der Waals surface area contributed by atoms with Crippen LogP contribution in [-0.2, 0) is 6.42 Å². The van der Waals surface area contributed by atoms with Gasteiger partial charge in [0.1, 0.15) is 0 Å². The highest BCUT2D eigenvalue weighted by atomic mass is 14.8. The summed E-state index contributed by atoms with van der Waals surface area (Å²) < 4.78 is 0. The Balaban J connectivity index is 1.90. The summed E-state index contributed by atoms with van der Waals surface area (Å²) in [4.78, 5) is 4.90. The molecule has 0 saturated carbocycles. The van der Waals surface area contributed by atoms with Gasteiger partial charge >= 0.3 is 0 Å². The van der Waals surface area contributed by atoms with Crippen molar-refractivity contribution in [2.45, 2.75) is 26.2 Å². The van der Waals surface area contributed by atoms with Gasteiger partial charge in [-0.25, -0.2) is 4.99 Å². The first-order valence-corrected chi connectivity index (χ1v) is 7.74. The van der Waals surface area contributed by atoms with Crippen LogP contribution in [0.15, 0.2) is 59.1 Å². The summed E-state index contributed by atoms with van der Waals surface area (Å²) >= 11 is 0. The van der Waals surface area contributed by atoms with E-state index in [9.17, 15) is 0 Å². The third-order valence-corrected chi connectivity index (χ3v) is 4.48. The van der Waals surface area contributed by atoms with Gasteiger partial charge in [0.25, 0.3) is 0 Å². The minimum Gasteiger partial charge on any atom is -0.300 e. The Morgan fingerprint density at radius 2 is 1.82 bits per heavy atom. The molecule has 0 fully saturated rings. The molecule has 4 rings (SSSR count). The number of hydrogen-bond acceptors (Lipinski definition) is 2. The number of nitrogens with zero attached hydrogens (tertiary/aromatic N) is 1. The summed E-state index contributed by atoms with van der Waals surface area (Å²) in [5.41, 5.74) is 8.55. The van der Waals surface area contributed by atoms with E-state index < -0.39 is 0 Å². The second-order valence-corrected chi connectivity index (χ2v) is 6.31. The second kappa shape index (κ2) is 4.77. The summed E-state index contributed by atoms with van der Waals surface area (Å²) in [6.45, 7) is 4.43. The Kier molecular flexibility index (Phi) is 2.86. The highest BCUT2D eigenvalue weighted by Gasteiger charge is 2.25. The molecule has 0 bridgehead atoms. The standard InChI is InChI=1S/C20H18N2/c1-12(2)13-7-8-19-14(9-13)10-15-11-18(21)16-5-3-4-6-17(16)20(15)22-19/h3-9,11-12,21H,10H2,1-2H3. The molecule has 2 aliphatic rings. The van der Waals surface area contributed by atoms with Crippen molar-refractivity contribution < 1.29 is 0 Å². The lowest BCUT2D eigenvalue weighted by Gasteiger charge is -2.25. The van der Waals surface area contributed by atoms with Gasteiger partial charge in [0, 0.05) is 17.5 Å². The van der Waals surface area contributed by atoms with E-state index >= 15 is 0 Å². The van der Waals surface area contributed by atoms with Gasteiger partial charge in [-0.2, -0.15) is 0 Å². The lowest BCUT2D eigenvalue weighted by molar-refractivity contribution is 0.863. The first-order valence-electron chi connectivity index (χ1n) is 7.74. The van der Waals surface area contributed by atoms with Crippen molar-refractivity contribution in [3.63, 3.8) is 0 Å². The summed E-state index contributed by atoms with van der Waals surface area (Å²) in [6, 6.07) is 14.7. The van der Waals surface area contributed by atoms with Crippen molar-refractivity contribution in [2.75, 3.05) is 0 Å². The number of aliphatic imine (C=N–C) groups is 1. The number of fused-ring (bicyclic) bond motifs is 4. The van der Waals surface area contributed by atoms with Crippen LogP contribution < -0.4 is 0 Å². The third-order valence-electron chi connectivity index (χ3n) is 4.48. The molecule has 2 aromatic carbocycles. The fraction of sp³-hybridized carbons (Fsp3) is 0.200. The van der Waals surface area contributed by atoms with E-state index in [0.717, 1.165) is 34.5 Å². The molecule has 0 atom stereocenters. The predicted octanol–water partition coefficient (Wildman–Crippen LogP) is 4.79. The van der Waals surface area contributed by atoms with Crippen molar-refractivity contribution in [3.8, 4) is 0 Å². The highest BCUT2D eigenvalue weighted by molar-refractivity contribution is 6.28. The van der Waals surface area contributed by atoms with Gasteiger partial charge in [-0.1, -0.05) is 50.2 Å². The van der Waals surface area contributed by atoms with E-state index in [2.05, 4.69) is 38.1 Å². The maximum absolute atomic E-state index is 8.26. The van der Waals surface area contributed by atoms with Gasteiger partial charge in [-0.3, -0.25) is 0 Å². The molecule has 0 spiro atoms. The molecule has 1 heterocycles. The number of rotatable bonds is 1. The molecule has 0 radical (unpaired) electrons. The Morgan fingerprint density at radius 1 is 1.05 bits per heavy atom. The average Bonchev–Trinajstić information content (AvgIpc) is 2.53. The molecule has 2 heteroatoms.